The molecule has 1 N–H and O–H groups in total. The van der Waals surface area contributed by atoms with Crippen LogP contribution in [-0.2, 0) is 5.75 Å². The van der Waals surface area contributed by atoms with Gasteiger partial charge in [0, 0.05) is 5.75 Å². The SMILES string of the molecule is COc1ccc2c(c1)CSC(c1ccccc1)C2O. The van der Waals surface area contributed by atoms with Gasteiger partial charge in [0.05, 0.1) is 18.5 Å². The molecule has 0 bridgehead atoms. The van der Waals surface area contributed by atoms with Gasteiger partial charge in [-0.05, 0) is 28.8 Å². The van der Waals surface area contributed by atoms with Gasteiger partial charge < -0.3 is 9.84 Å². The summed E-state index contributed by atoms with van der Waals surface area (Å²) in [5.74, 6) is 1.76. The summed E-state index contributed by atoms with van der Waals surface area (Å²) in [6, 6.07) is 16.1. The van der Waals surface area contributed by atoms with Crippen molar-refractivity contribution in [2.45, 2.75) is 17.1 Å². The average Bonchev–Trinajstić information content (AvgIpc) is 2.48. The summed E-state index contributed by atoms with van der Waals surface area (Å²) in [4.78, 5) is 0. The van der Waals surface area contributed by atoms with E-state index in [0.29, 0.717) is 0 Å². The zero-order valence-electron chi connectivity index (χ0n) is 10.7. The van der Waals surface area contributed by atoms with Crippen molar-refractivity contribution in [2.24, 2.45) is 0 Å². The normalized spacial score (nSPS) is 21.8. The highest BCUT2D eigenvalue weighted by atomic mass is 32.2. The first-order chi connectivity index (χ1) is 9.29. The Morgan fingerprint density at radius 3 is 2.68 bits per heavy atom. The lowest BCUT2D eigenvalue weighted by atomic mass is 9.96. The van der Waals surface area contributed by atoms with Crippen molar-refractivity contribution in [3.63, 3.8) is 0 Å². The fraction of sp³-hybridized carbons (Fsp3) is 0.250. The Kier molecular flexibility index (Phi) is 3.49. The summed E-state index contributed by atoms with van der Waals surface area (Å²) in [6.07, 6.45) is -0.456. The predicted octanol–water partition coefficient (Wildman–Crippen LogP) is 3.72. The van der Waals surface area contributed by atoms with E-state index in [4.69, 9.17) is 4.74 Å². The molecule has 2 nitrogen and oxygen atoms in total. The Morgan fingerprint density at radius 1 is 1.16 bits per heavy atom. The number of ether oxygens (including phenoxy) is 1. The highest BCUT2D eigenvalue weighted by molar-refractivity contribution is 7.98. The van der Waals surface area contributed by atoms with E-state index in [0.717, 1.165) is 17.1 Å². The number of thioether (sulfide) groups is 1. The lowest BCUT2D eigenvalue weighted by Gasteiger charge is -2.30. The number of methoxy groups -OCH3 is 1. The van der Waals surface area contributed by atoms with Gasteiger partial charge in [0.15, 0.2) is 0 Å². The third kappa shape index (κ3) is 2.36. The highest BCUT2D eigenvalue weighted by Gasteiger charge is 2.29. The summed E-state index contributed by atoms with van der Waals surface area (Å²) in [6.45, 7) is 0. The van der Waals surface area contributed by atoms with Crippen molar-refractivity contribution >= 4 is 11.8 Å². The largest absolute Gasteiger partial charge is 0.497 e. The number of hydrogen-bond acceptors (Lipinski definition) is 3. The zero-order chi connectivity index (χ0) is 13.2. The first-order valence-electron chi connectivity index (χ1n) is 6.31. The molecule has 0 spiro atoms. The quantitative estimate of drug-likeness (QED) is 0.903. The summed E-state index contributed by atoms with van der Waals surface area (Å²) >= 11 is 1.78. The van der Waals surface area contributed by atoms with Gasteiger partial charge in [0.2, 0.25) is 0 Å². The van der Waals surface area contributed by atoms with Crippen LogP contribution in [-0.4, -0.2) is 12.2 Å². The van der Waals surface area contributed by atoms with Crippen LogP contribution in [0, 0.1) is 0 Å². The van der Waals surface area contributed by atoms with Crippen molar-refractivity contribution in [3.8, 4) is 5.75 Å². The molecule has 2 aromatic rings. The van der Waals surface area contributed by atoms with Crippen LogP contribution >= 0.6 is 11.8 Å². The maximum Gasteiger partial charge on any atom is 0.119 e. The Bertz CT molecular complexity index is 568. The number of hydrogen-bond donors (Lipinski definition) is 1. The third-order valence-electron chi connectivity index (χ3n) is 3.50. The van der Waals surface area contributed by atoms with Crippen LogP contribution in [0.4, 0.5) is 0 Å². The summed E-state index contributed by atoms with van der Waals surface area (Å²) in [5, 5.41) is 10.7. The summed E-state index contributed by atoms with van der Waals surface area (Å²) in [7, 11) is 1.67. The van der Waals surface area contributed by atoms with E-state index in [1.807, 2.05) is 36.4 Å². The monoisotopic (exact) mass is 272 g/mol. The molecule has 2 aromatic carbocycles. The van der Waals surface area contributed by atoms with Gasteiger partial charge in [0.25, 0.3) is 0 Å². The Balaban J connectivity index is 1.94. The molecule has 1 heterocycles. The van der Waals surface area contributed by atoms with Crippen molar-refractivity contribution < 1.29 is 9.84 Å². The van der Waals surface area contributed by atoms with E-state index in [2.05, 4.69) is 12.1 Å². The van der Waals surface area contributed by atoms with Gasteiger partial charge in [0.1, 0.15) is 5.75 Å². The zero-order valence-corrected chi connectivity index (χ0v) is 11.6. The third-order valence-corrected chi connectivity index (χ3v) is 4.87. The number of aliphatic hydroxyl groups is 1. The van der Waals surface area contributed by atoms with E-state index in [-0.39, 0.29) is 5.25 Å². The van der Waals surface area contributed by atoms with Crippen LogP contribution in [0.5, 0.6) is 5.75 Å². The van der Waals surface area contributed by atoms with E-state index in [1.54, 1.807) is 18.9 Å². The molecule has 2 unspecified atom stereocenters. The Hall–Kier alpha value is -1.45. The van der Waals surface area contributed by atoms with Gasteiger partial charge in [-0.3, -0.25) is 0 Å². The van der Waals surface area contributed by atoms with E-state index >= 15 is 0 Å². The standard InChI is InChI=1S/C16H16O2S/c1-18-13-7-8-14-12(9-13)10-19-16(15(14)17)11-5-3-2-4-6-11/h2-9,15-17H,10H2,1H3. The molecule has 3 heteroatoms. The van der Waals surface area contributed by atoms with E-state index < -0.39 is 6.10 Å². The maximum atomic E-state index is 10.6. The van der Waals surface area contributed by atoms with E-state index in [1.165, 1.54) is 11.1 Å². The average molecular weight is 272 g/mol. The molecular formula is C16H16O2S. The first-order valence-corrected chi connectivity index (χ1v) is 7.36. The van der Waals surface area contributed by atoms with Crippen molar-refractivity contribution in [3.05, 3.63) is 65.2 Å². The molecule has 0 aliphatic carbocycles. The van der Waals surface area contributed by atoms with Gasteiger partial charge in [-0.15, -0.1) is 11.8 Å². The van der Waals surface area contributed by atoms with Crippen LogP contribution in [0.3, 0.4) is 0 Å². The lowest BCUT2D eigenvalue weighted by Crippen LogP contribution is -2.15. The molecule has 3 rings (SSSR count). The van der Waals surface area contributed by atoms with Gasteiger partial charge >= 0.3 is 0 Å². The number of aliphatic hydroxyl groups excluding tert-OH is 1. The molecule has 0 radical (unpaired) electrons. The molecule has 0 amide bonds. The highest BCUT2D eigenvalue weighted by Crippen LogP contribution is 2.47. The van der Waals surface area contributed by atoms with Crippen LogP contribution in [0.25, 0.3) is 0 Å². The minimum atomic E-state index is -0.456. The topological polar surface area (TPSA) is 29.5 Å². The second-order valence-corrected chi connectivity index (χ2v) is 5.78. The van der Waals surface area contributed by atoms with Crippen LogP contribution in [0.15, 0.2) is 48.5 Å². The van der Waals surface area contributed by atoms with Crippen molar-refractivity contribution in [1.82, 2.24) is 0 Å². The van der Waals surface area contributed by atoms with Crippen LogP contribution in [0.1, 0.15) is 28.0 Å². The summed E-state index contributed by atoms with van der Waals surface area (Å²) in [5.41, 5.74) is 3.37. The molecule has 0 saturated heterocycles. The fourth-order valence-corrected chi connectivity index (χ4v) is 3.77. The van der Waals surface area contributed by atoms with Crippen molar-refractivity contribution in [1.29, 1.82) is 0 Å². The molecule has 0 saturated carbocycles. The minimum absolute atomic E-state index is 0.113. The van der Waals surface area contributed by atoms with Crippen LogP contribution in [0.2, 0.25) is 0 Å². The van der Waals surface area contributed by atoms with Gasteiger partial charge in [-0.2, -0.15) is 0 Å². The molecule has 1 aliphatic rings. The van der Waals surface area contributed by atoms with E-state index in [9.17, 15) is 5.11 Å². The molecule has 1 aliphatic heterocycles. The second kappa shape index (κ2) is 5.27. The molecule has 19 heavy (non-hydrogen) atoms. The predicted molar refractivity (Wildman–Crippen MR) is 78.4 cm³/mol. The number of fused-ring (bicyclic) bond motifs is 1. The maximum absolute atomic E-state index is 10.6. The number of rotatable bonds is 2. The van der Waals surface area contributed by atoms with Crippen LogP contribution < -0.4 is 4.74 Å². The Morgan fingerprint density at radius 2 is 1.95 bits per heavy atom. The van der Waals surface area contributed by atoms with Gasteiger partial charge in [-0.1, -0.05) is 36.4 Å². The molecule has 0 fully saturated rings. The minimum Gasteiger partial charge on any atom is -0.497 e. The molecule has 98 valence electrons. The fourth-order valence-electron chi connectivity index (χ4n) is 2.48. The first kappa shape index (κ1) is 12.6. The van der Waals surface area contributed by atoms with Gasteiger partial charge in [-0.25, -0.2) is 0 Å². The number of benzene rings is 2. The second-order valence-electron chi connectivity index (χ2n) is 4.65. The molecule has 0 aromatic heterocycles. The van der Waals surface area contributed by atoms with Crippen molar-refractivity contribution in [2.75, 3.05) is 7.11 Å². The smallest absolute Gasteiger partial charge is 0.119 e. The lowest BCUT2D eigenvalue weighted by molar-refractivity contribution is 0.172. The summed E-state index contributed by atoms with van der Waals surface area (Å²) < 4.78 is 5.24. The molecular weight excluding hydrogens is 256 g/mol. The molecule has 2 atom stereocenters. The Labute approximate surface area is 117 Å².